The largest absolute Gasteiger partial charge is 0.119 e. The summed E-state index contributed by atoms with van der Waals surface area (Å²) in [5.41, 5.74) is 1.44. The number of aryl methyl sites for hydroxylation is 1. The Labute approximate surface area is 83.7 Å². The van der Waals surface area contributed by atoms with Crippen molar-refractivity contribution in [1.82, 2.24) is 0 Å². The van der Waals surface area contributed by atoms with Crippen LogP contribution in [0.4, 0.5) is 0 Å². The van der Waals surface area contributed by atoms with Crippen LogP contribution in [-0.4, -0.2) is 4.75 Å². The molecule has 0 atom stereocenters. The molecule has 1 aromatic rings. The number of benzene rings is 1. The predicted octanol–water partition coefficient (Wildman–Crippen LogP) is 3.64. The molecule has 0 amide bonds. The second-order valence-corrected chi connectivity index (χ2v) is 6.04. The molecule has 3 aliphatic rings. The van der Waals surface area contributed by atoms with E-state index in [4.69, 9.17) is 0 Å². The highest BCUT2D eigenvalue weighted by molar-refractivity contribution is 8.00. The Kier molecular flexibility index (Phi) is 1.55. The summed E-state index contributed by atoms with van der Waals surface area (Å²) in [4.78, 5) is 1.50. The smallest absolute Gasteiger partial charge is 0.0215 e. The quantitative estimate of drug-likeness (QED) is 0.686. The molecule has 3 fully saturated rings. The lowest BCUT2D eigenvalue weighted by atomic mass is 9.55. The van der Waals surface area contributed by atoms with Crippen LogP contribution in [0.25, 0.3) is 0 Å². The molecule has 3 aliphatic carbocycles. The summed E-state index contributed by atoms with van der Waals surface area (Å²) < 4.78 is 0.677. The number of thioether (sulfide) groups is 1. The summed E-state index contributed by atoms with van der Waals surface area (Å²) in [5, 5.41) is 0. The summed E-state index contributed by atoms with van der Waals surface area (Å²) in [6.07, 6.45) is 4.43. The first-order chi connectivity index (χ1) is 6.27. The van der Waals surface area contributed by atoms with E-state index in [0.717, 1.165) is 5.92 Å². The Morgan fingerprint density at radius 1 is 1.23 bits per heavy atom. The van der Waals surface area contributed by atoms with Crippen LogP contribution in [-0.2, 0) is 0 Å². The lowest BCUT2D eigenvalue weighted by molar-refractivity contribution is 0.0580. The first-order valence-electron chi connectivity index (χ1n) is 5.02. The van der Waals surface area contributed by atoms with Crippen LogP contribution < -0.4 is 0 Å². The second-order valence-electron chi connectivity index (χ2n) is 4.53. The second kappa shape index (κ2) is 2.54. The molecule has 1 heteroatoms. The predicted molar refractivity (Wildman–Crippen MR) is 57.1 cm³/mol. The number of hydrogen-bond donors (Lipinski definition) is 0. The van der Waals surface area contributed by atoms with Crippen molar-refractivity contribution in [1.29, 1.82) is 0 Å². The molecule has 0 N–H and O–H groups in total. The van der Waals surface area contributed by atoms with Crippen LogP contribution in [0.3, 0.4) is 0 Å². The molecule has 0 unspecified atom stereocenters. The van der Waals surface area contributed by atoms with Crippen molar-refractivity contribution in [2.45, 2.75) is 35.8 Å². The van der Waals surface area contributed by atoms with Crippen LogP contribution in [0.2, 0.25) is 0 Å². The Hall–Kier alpha value is -0.430. The summed E-state index contributed by atoms with van der Waals surface area (Å²) in [6.45, 7) is 2.22. The van der Waals surface area contributed by atoms with E-state index < -0.39 is 0 Å². The summed E-state index contributed by atoms with van der Waals surface area (Å²) >= 11 is 2.13. The van der Waals surface area contributed by atoms with Crippen LogP contribution in [0.1, 0.15) is 24.8 Å². The molecule has 0 heterocycles. The van der Waals surface area contributed by atoms with Crippen LogP contribution in [0.5, 0.6) is 0 Å². The van der Waals surface area contributed by atoms with Crippen molar-refractivity contribution in [2.75, 3.05) is 0 Å². The van der Waals surface area contributed by atoms with Crippen LogP contribution in [0.15, 0.2) is 29.2 Å². The molecule has 0 saturated heterocycles. The molecule has 68 valence electrons. The third kappa shape index (κ3) is 1.13. The van der Waals surface area contributed by atoms with Crippen molar-refractivity contribution < 1.29 is 0 Å². The molecule has 3 saturated carbocycles. The lowest BCUT2D eigenvalue weighted by Crippen LogP contribution is -2.55. The zero-order valence-corrected chi connectivity index (χ0v) is 8.73. The Balaban J connectivity index is 1.81. The maximum Gasteiger partial charge on any atom is 0.0215 e. The molecular formula is C12H14S. The third-order valence-electron chi connectivity index (χ3n) is 3.40. The summed E-state index contributed by atoms with van der Waals surface area (Å²) in [7, 11) is 0. The van der Waals surface area contributed by atoms with Crippen LogP contribution >= 0.6 is 11.8 Å². The van der Waals surface area contributed by atoms with Crippen LogP contribution in [0, 0.1) is 12.8 Å². The summed E-state index contributed by atoms with van der Waals surface area (Å²) in [5.74, 6) is 1.09. The van der Waals surface area contributed by atoms with Gasteiger partial charge in [-0.3, -0.25) is 0 Å². The third-order valence-corrected chi connectivity index (χ3v) is 5.01. The molecular weight excluding hydrogens is 176 g/mol. The molecule has 2 bridgehead atoms. The van der Waals surface area contributed by atoms with Gasteiger partial charge < -0.3 is 0 Å². The highest BCUT2D eigenvalue weighted by Crippen LogP contribution is 2.66. The van der Waals surface area contributed by atoms with Gasteiger partial charge in [0.25, 0.3) is 0 Å². The zero-order valence-electron chi connectivity index (χ0n) is 7.92. The van der Waals surface area contributed by atoms with E-state index in [1.54, 1.807) is 0 Å². The SMILES string of the molecule is Cc1ccccc1SC12CC(C1)C2. The Bertz CT molecular complexity index is 326. The fourth-order valence-electron chi connectivity index (χ4n) is 2.43. The maximum absolute atomic E-state index is 2.26. The van der Waals surface area contributed by atoms with Gasteiger partial charge in [-0.05, 0) is 43.7 Å². The minimum Gasteiger partial charge on any atom is -0.119 e. The number of hydrogen-bond acceptors (Lipinski definition) is 1. The van der Waals surface area contributed by atoms with Gasteiger partial charge >= 0.3 is 0 Å². The van der Waals surface area contributed by atoms with Gasteiger partial charge in [-0.15, -0.1) is 11.8 Å². The topological polar surface area (TPSA) is 0 Å². The number of rotatable bonds is 2. The maximum atomic E-state index is 2.26. The van der Waals surface area contributed by atoms with Gasteiger partial charge in [-0.2, -0.15) is 0 Å². The van der Waals surface area contributed by atoms with Crippen molar-refractivity contribution in [3.63, 3.8) is 0 Å². The first kappa shape index (κ1) is 7.93. The Morgan fingerprint density at radius 2 is 1.92 bits per heavy atom. The molecule has 0 radical (unpaired) electrons. The highest BCUT2D eigenvalue weighted by atomic mass is 32.2. The van der Waals surface area contributed by atoms with Gasteiger partial charge in [-0.1, -0.05) is 18.2 Å². The van der Waals surface area contributed by atoms with E-state index in [1.165, 1.54) is 29.7 Å². The van der Waals surface area contributed by atoms with Gasteiger partial charge in [-0.25, -0.2) is 0 Å². The van der Waals surface area contributed by atoms with Crippen molar-refractivity contribution in [3.05, 3.63) is 29.8 Å². The van der Waals surface area contributed by atoms with Crippen molar-refractivity contribution in [3.8, 4) is 0 Å². The average molecular weight is 190 g/mol. The molecule has 13 heavy (non-hydrogen) atoms. The summed E-state index contributed by atoms with van der Waals surface area (Å²) in [6, 6.07) is 8.76. The van der Waals surface area contributed by atoms with Crippen molar-refractivity contribution >= 4 is 11.8 Å². The first-order valence-corrected chi connectivity index (χ1v) is 5.84. The minimum absolute atomic E-state index is 0.677. The van der Waals surface area contributed by atoms with E-state index in [2.05, 4.69) is 43.0 Å². The van der Waals surface area contributed by atoms with Gasteiger partial charge in [0.05, 0.1) is 0 Å². The minimum atomic E-state index is 0.677. The molecule has 0 spiro atoms. The van der Waals surface area contributed by atoms with Gasteiger partial charge in [0.2, 0.25) is 0 Å². The van der Waals surface area contributed by atoms with Gasteiger partial charge in [0.1, 0.15) is 0 Å². The molecule has 0 nitrogen and oxygen atoms in total. The van der Waals surface area contributed by atoms with E-state index in [-0.39, 0.29) is 0 Å². The van der Waals surface area contributed by atoms with Gasteiger partial charge in [0, 0.05) is 9.64 Å². The molecule has 4 rings (SSSR count). The van der Waals surface area contributed by atoms with E-state index in [1.807, 2.05) is 0 Å². The van der Waals surface area contributed by atoms with Gasteiger partial charge in [0.15, 0.2) is 0 Å². The lowest BCUT2D eigenvalue weighted by Gasteiger charge is -2.61. The van der Waals surface area contributed by atoms with Crippen molar-refractivity contribution in [2.24, 2.45) is 5.92 Å². The van der Waals surface area contributed by atoms with E-state index in [9.17, 15) is 0 Å². The zero-order chi connectivity index (χ0) is 8.89. The normalized spacial score (nSPS) is 35.0. The Morgan fingerprint density at radius 3 is 2.46 bits per heavy atom. The fourth-order valence-corrected chi connectivity index (χ4v) is 4.23. The van der Waals surface area contributed by atoms with E-state index >= 15 is 0 Å². The highest BCUT2D eigenvalue weighted by Gasteiger charge is 2.57. The average Bonchev–Trinajstić information content (AvgIpc) is 1.97. The molecule has 1 aromatic carbocycles. The standard InChI is InChI=1S/C12H14S/c1-9-4-2-3-5-11(9)13-12-6-10(7-12)8-12/h2-5,10H,6-8H2,1H3. The molecule has 0 aromatic heterocycles. The fraction of sp³-hybridized carbons (Fsp3) is 0.500. The monoisotopic (exact) mass is 190 g/mol. The molecule has 0 aliphatic heterocycles. The van der Waals surface area contributed by atoms with E-state index in [0.29, 0.717) is 4.75 Å².